The van der Waals surface area contributed by atoms with Crippen molar-refractivity contribution in [1.29, 1.82) is 0 Å². The lowest BCUT2D eigenvalue weighted by molar-refractivity contribution is -0.185. The number of amides is 3. The van der Waals surface area contributed by atoms with Gasteiger partial charge in [-0.1, -0.05) is 6.07 Å². The number of urea groups is 1. The van der Waals surface area contributed by atoms with Crippen molar-refractivity contribution in [2.45, 2.75) is 70.0 Å². The molecule has 206 valence electrons. The lowest BCUT2D eigenvalue weighted by Crippen LogP contribution is -2.45. The fraction of sp³-hybridized carbons (Fsp3) is 0.654. The van der Waals surface area contributed by atoms with Crippen LogP contribution >= 0.6 is 0 Å². The molecule has 0 unspecified atom stereocenters. The summed E-state index contributed by atoms with van der Waals surface area (Å²) >= 11 is 0. The minimum Gasteiger partial charge on any atom is -0.469 e. The number of hydrogen-bond donors (Lipinski definition) is 2. The Morgan fingerprint density at radius 2 is 1.78 bits per heavy atom. The number of nitrogens with one attached hydrogen (secondary N) is 1. The first-order valence-corrected chi connectivity index (χ1v) is 12.9. The van der Waals surface area contributed by atoms with E-state index in [2.05, 4.69) is 5.32 Å². The lowest BCUT2D eigenvalue weighted by atomic mass is 9.83. The number of hydrogen-bond acceptors (Lipinski definition) is 5. The zero-order valence-electron chi connectivity index (χ0n) is 21.2. The van der Waals surface area contributed by atoms with Crippen LogP contribution in [0.3, 0.4) is 0 Å². The van der Waals surface area contributed by atoms with Crippen molar-refractivity contribution >= 4 is 23.6 Å². The number of nitrogens with zero attached hydrogens (tertiary/aromatic N) is 2. The first-order chi connectivity index (χ1) is 17.6. The summed E-state index contributed by atoms with van der Waals surface area (Å²) in [4.78, 5) is 38.9. The van der Waals surface area contributed by atoms with Gasteiger partial charge in [-0.25, -0.2) is 4.79 Å². The fourth-order valence-corrected chi connectivity index (χ4v) is 5.24. The third kappa shape index (κ3) is 8.08. The minimum atomic E-state index is -4.89. The summed E-state index contributed by atoms with van der Waals surface area (Å²) in [6.45, 7) is 0.322. The second-order valence-corrected chi connectivity index (χ2v) is 9.76. The van der Waals surface area contributed by atoms with Gasteiger partial charge in [-0.05, 0) is 80.5 Å². The van der Waals surface area contributed by atoms with E-state index >= 15 is 0 Å². The Bertz CT molecular complexity index is 948. The Labute approximate surface area is 215 Å². The summed E-state index contributed by atoms with van der Waals surface area (Å²) in [6.07, 6.45) is 0.697. The number of fused-ring (bicyclic) bond motifs is 1. The highest BCUT2D eigenvalue weighted by molar-refractivity contribution is 5.89. The van der Waals surface area contributed by atoms with Gasteiger partial charge in [0.05, 0.1) is 7.11 Å². The third-order valence-electron chi connectivity index (χ3n) is 7.35. The van der Waals surface area contributed by atoms with E-state index in [4.69, 9.17) is 4.74 Å². The highest BCUT2D eigenvalue weighted by atomic mass is 19.4. The van der Waals surface area contributed by atoms with Gasteiger partial charge < -0.3 is 25.0 Å². The normalized spacial score (nSPS) is 20.0. The second kappa shape index (κ2) is 13.1. The first kappa shape index (κ1) is 28.7. The standard InChI is InChI=1S/C26H36F3N3O5/c1-37-23(34)10-5-18-3-8-22(9-4-18)32(13-2-16-33)25(36)30-21-7-6-19-11-14-31(15-12-20(19)17-21)24(35)26(27,28)29/h6-7,17-18,22,33H,2-5,8-16H2,1H3,(H,30,36). The fourth-order valence-electron chi connectivity index (χ4n) is 5.24. The molecule has 0 aromatic heterocycles. The Morgan fingerprint density at radius 3 is 2.41 bits per heavy atom. The number of halogens is 3. The van der Waals surface area contributed by atoms with Crippen LogP contribution in [0.25, 0.3) is 0 Å². The van der Waals surface area contributed by atoms with Crippen molar-refractivity contribution in [2.75, 3.05) is 38.7 Å². The molecule has 1 aliphatic carbocycles. The molecule has 0 radical (unpaired) electrons. The summed E-state index contributed by atoms with van der Waals surface area (Å²) in [5, 5.41) is 12.3. The lowest BCUT2D eigenvalue weighted by Gasteiger charge is -2.37. The number of aliphatic hydroxyl groups excluding tert-OH is 1. The number of rotatable bonds is 8. The van der Waals surface area contributed by atoms with E-state index in [1.165, 1.54) is 7.11 Å². The summed E-state index contributed by atoms with van der Waals surface area (Å²) in [7, 11) is 1.38. The van der Waals surface area contributed by atoms with Crippen molar-refractivity contribution in [3.63, 3.8) is 0 Å². The van der Waals surface area contributed by atoms with E-state index in [1.807, 2.05) is 0 Å². The minimum absolute atomic E-state index is 0.00566. The van der Waals surface area contributed by atoms with Crippen molar-refractivity contribution in [3.8, 4) is 0 Å². The molecular weight excluding hydrogens is 491 g/mol. The zero-order valence-corrected chi connectivity index (χ0v) is 21.2. The average Bonchev–Trinajstić information content (AvgIpc) is 3.09. The van der Waals surface area contributed by atoms with Gasteiger partial charge >= 0.3 is 24.1 Å². The smallest absolute Gasteiger partial charge is 0.469 e. The van der Waals surface area contributed by atoms with Crippen LogP contribution in [-0.2, 0) is 27.2 Å². The Hall–Kier alpha value is -2.82. The van der Waals surface area contributed by atoms with Crippen molar-refractivity contribution in [1.82, 2.24) is 9.80 Å². The number of methoxy groups -OCH3 is 1. The maximum Gasteiger partial charge on any atom is 0.471 e. The molecule has 0 atom stereocenters. The molecule has 2 aliphatic rings. The second-order valence-electron chi connectivity index (χ2n) is 9.76. The molecule has 11 heteroatoms. The molecule has 37 heavy (non-hydrogen) atoms. The SMILES string of the molecule is COC(=O)CCC1CCC(N(CCCO)C(=O)Nc2ccc3c(c2)CCN(C(=O)C(F)(F)F)CC3)CC1. The van der Waals surface area contributed by atoms with Crippen LogP contribution in [0, 0.1) is 5.92 Å². The predicted octanol–water partition coefficient (Wildman–Crippen LogP) is 3.90. The maximum atomic E-state index is 13.2. The summed E-state index contributed by atoms with van der Waals surface area (Å²) < 4.78 is 43.3. The molecule has 1 aromatic carbocycles. The number of benzene rings is 1. The van der Waals surface area contributed by atoms with Crippen LogP contribution < -0.4 is 5.32 Å². The monoisotopic (exact) mass is 527 g/mol. The molecule has 1 heterocycles. The number of esters is 1. The van der Waals surface area contributed by atoms with E-state index in [-0.39, 0.29) is 44.2 Å². The molecular formula is C26H36F3N3O5. The van der Waals surface area contributed by atoms with Gasteiger partial charge in [-0.2, -0.15) is 13.2 Å². The van der Waals surface area contributed by atoms with E-state index in [9.17, 15) is 32.7 Å². The van der Waals surface area contributed by atoms with Crippen LogP contribution in [0.15, 0.2) is 18.2 Å². The molecule has 1 aliphatic heterocycles. The molecule has 3 rings (SSSR count). The number of aliphatic hydroxyl groups is 1. The Kier molecular flexibility index (Phi) is 10.2. The number of alkyl halides is 3. The highest BCUT2D eigenvalue weighted by Crippen LogP contribution is 2.31. The van der Waals surface area contributed by atoms with Crippen LogP contribution in [-0.4, -0.2) is 78.4 Å². The van der Waals surface area contributed by atoms with E-state index < -0.39 is 12.1 Å². The van der Waals surface area contributed by atoms with Gasteiger partial charge in [0.15, 0.2) is 0 Å². The number of carbonyl (C=O) groups excluding carboxylic acids is 3. The Morgan fingerprint density at radius 1 is 1.11 bits per heavy atom. The largest absolute Gasteiger partial charge is 0.471 e. The molecule has 0 spiro atoms. The van der Waals surface area contributed by atoms with Gasteiger partial charge in [0, 0.05) is 44.4 Å². The number of ether oxygens (including phenoxy) is 1. The highest BCUT2D eigenvalue weighted by Gasteiger charge is 2.42. The van der Waals surface area contributed by atoms with Gasteiger partial charge in [0.2, 0.25) is 0 Å². The predicted molar refractivity (Wildman–Crippen MR) is 131 cm³/mol. The van der Waals surface area contributed by atoms with Gasteiger partial charge in [0.1, 0.15) is 0 Å². The molecule has 1 saturated carbocycles. The van der Waals surface area contributed by atoms with Crippen LogP contribution in [0.5, 0.6) is 0 Å². The molecule has 8 nitrogen and oxygen atoms in total. The third-order valence-corrected chi connectivity index (χ3v) is 7.35. The van der Waals surface area contributed by atoms with Crippen LogP contribution in [0.4, 0.5) is 23.7 Å². The summed E-state index contributed by atoms with van der Waals surface area (Å²) in [5.41, 5.74) is 2.21. The molecule has 3 amide bonds. The molecule has 0 saturated heterocycles. The average molecular weight is 528 g/mol. The topological polar surface area (TPSA) is 99.2 Å². The number of carbonyl (C=O) groups is 3. The van der Waals surface area contributed by atoms with Gasteiger partial charge in [0.25, 0.3) is 0 Å². The molecule has 0 bridgehead atoms. The van der Waals surface area contributed by atoms with E-state index in [1.54, 1.807) is 23.1 Å². The molecule has 1 aromatic rings. The van der Waals surface area contributed by atoms with Crippen LogP contribution in [0.2, 0.25) is 0 Å². The summed E-state index contributed by atoms with van der Waals surface area (Å²) in [5.74, 6) is -1.63. The molecule has 1 fully saturated rings. The van der Waals surface area contributed by atoms with E-state index in [0.717, 1.165) is 48.1 Å². The van der Waals surface area contributed by atoms with Gasteiger partial charge in [-0.3, -0.25) is 9.59 Å². The zero-order chi connectivity index (χ0) is 27.0. The maximum absolute atomic E-state index is 13.2. The van der Waals surface area contributed by atoms with E-state index in [0.29, 0.717) is 37.4 Å². The summed E-state index contributed by atoms with van der Waals surface area (Å²) in [6, 6.07) is 5.02. The molecule has 2 N–H and O–H groups in total. The Balaban J connectivity index is 1.61. The van der Waals surface area contributed by atoms with Crippen molar-refractivity contribution in [3.05, 3.63) is 29.3 Å². The van der Waals surface area contributed by atoms with Crippen LogP contribution in [0.1, 0.15) is 56.1 Å². The first-order valence-electron chi connectivity index (χ1n) is 12.9. The number of anilines is 1. The van der Waals surface area contributed by atoms with Gasteiger partial charge in [-0.15, -0.1) is 0 Å². The van der Waals surface area contributed by atoms with Crippen molar-refractivity contribution in [2.24, 2.45) is 5.92 Å². The quantitative estimate of drug-likeness (QED) is 0.500. The van der Waals surface area contributed by atoms with Crippen molar-refractivity contribution < 1.29 is 37.4 Å².